The van der Waals surface area contributed by atoms with Gasteiger partial charge >= 0.3 is 0 Å². The van der Waals surface area contributed by atoms with Crippen LogP contribution in [0.1, 0.15) is 18.4 Å². The summed E-state index contributed by atoms with van der Waals surface area (Å²) in [6.07, 6.45) is 4.67. The lowest BCUT2D eigenvalue weighted by Crippen LogP contribution is -2.47. The zero-order valence-electron chi connectivity index (χ0n) is 12.2. The van der Waals surface area contributed by atoms with E-state index >= 15 is 0 Å². The van der Waals surface area contributed by atoms with Crippen molar-refractivity contribution in [2.75, 3.05) is 24.5 Å². The van der Waals surface area contributed by atoms with E-state index < -0.39 is 17.0 Å². The Morgan fingerprint density at radius 2 is 1.77 bits per heavy atom. The van der Waals surface area contributed by atoms with E-state index in [1.54, 1.807) is 24.5 Å². The third-order valence-corrected chi connectivity index (χ3v) is 4.47. The Hall–Kier alpha value is -2.08. The molecule has 0 saturated carbocycles. The van der Waals surface area contributed by atoms with Crippen LogP contribution < -0.4 is 10.6 Å². The van der Waals surface area contributed by atoms with Crippen LogP contribution in [0.2, 0.25) is 0 Å². The lowest BCUT2D eigenvalue weighted by atomic mass is 9.72. The summed E-state index contributed by atoms with van der Waals surface area (Å²) in [5.74, 6) is -0.940. The molecule has 0 bridgehead atoms. The van der Waals surface area contributed by atoms with E-state index in [1.807, 2.05) is 4.90 Å². The molecular weight excluding hydrogens is 286 g/mol. The van der Waals surface area contributed by atoms with Crippen LogP contribution in [0.4, 0.5) is 14.7 Å². The smallest absolute Gasteiger partial charge is 0.225 e. The average molecular weight is 304 g/mol. The van der Waals surface area contributed by atoms with Crippen LogP contribution in [0.25, 0.3) is 0 Å². The molecule has 116 valence electrons. The van der Waals surface area contributed by atoms with Gasteiger partial charge in [-0.2, -0.15) is 0 Å². The van der Waals surface area contributed by atoms with Crippen molar-refractivity contribution in [1.29, 1.82) is 0 Å². The van der Waals surface area contributed by atoms with Crippen LogP contribution in [0.5, 0.6) is 0 Å². The third-order valence-electron chi connectivity index (χ3n) is 4.47. The Bertz CT molecular complexity index is 640. The summed E-state index contributed by atoms with van der Waals surface area (Å²) in [6, 6.07) is 6.08. The summed E-state index contributed by atoms with van der Waals surface area (Å²) in [6.45, 7) is 1.62. The maximum absolute atomic E-state index is 14.2. The van der Waals surface area contributed by atoms with Gasteiger partial charge in [-0.3, -0.25) is 0 Å². The monoisotopic (exact) mass is 304 g/mol. The maximum Gasteiger partial charge on any atom is 0.225 e. The van der Waals surface area contributed by atoms with Crippen molar-refractivity contribution in [1.82, 2.24) is 9.97 Å². The molecular formula is C16H18F2N4. The number of anilines is 1. The lowest BCUT2D eigenvalue weighted by molar-refractivity contribution is 0.321. The average Bonchev–Trinajstić information content (AvgIpc) is 2.58. The number of aromatic nitrogens is 2. The fourth-order valence-corrected chi connectivity index (χ4v) is 3.09. The number of benzene rings is 1. The minimum absolute atomic E-state index is 0.289. The summed E-state index contributed by atoms with van der Waals surface area (Å²) in [4.78, 5) is 10.5. The Balaban J connectivity index is 1.84. The van der Waals surface area contributed by atoms with Gasteiger partial charge in [0.2, 0.25) is 5.95 Å². The van der Waals surface area contributed by atoms with E-state index in [0.717, 1.165) is 6.07 Å². The van der Waals surface area contributed by atoms with Crippen molar-refractivity contribution in [3.8, 4) is 0 Å². The quantitative estimate of drug-likeness (QED) is 0.945. The molecule has 0 unspecified atom stereocenters. The van der Waals surface area contributed by atoms with Crippen LogP contribution in [0, 0.1) is 11.6 Å². The predicted molar refractivity (Wildman–Crippen MR) is 80.6 cm³/mol. The number of halogens is 2. The number of rotatable bonds is 3. The van der Waals surface area contributed by atoms with Gasteiger partial charge < -0.3 is 10.6 Å². The van der Waals surface area contributed by atoms with Crippen molar-refractivity contribution in [3.05, 3.63) is 53.9 Å². The molecule has 22 heavy (non-hydrogen) atoms. The molecule has 2 heterocycles. The second kappa shape index (κ2) is 5.96. The normalized spacial score (nSPS) is 17.5. The van der Waals surface area contributed by atoms with Gasteiger partial charge in [0.15, 0.2) is 11.6 Å². The van der Waals surface area contributed by atoms with E-state index in [-0.39, 0.29) is 6.54 Å². The summed E-state index contributed by atoms with van der Waals surface area (Å²) < 4.78 is 27.7. The summed E-state index contributed by atoms with van der Waals surface area (Å²) in [5.41, 5.74) is 5.78. The van der Waals surface area contributed by atoms with Gasteiger partial charge in [0.05, 0.1) is 0 Å². The highest BCUT2D eigenvalue weighted by molar-refractivity contribution is 5.35. The van der Waals surface area contributed by atoms with E-state index in [2.05, 4.69) is 9.97 Å². The molecule has 0 aliphatic carbocycles. The van der Waals surface area contributed by atoms with Crippen molar-refractivity contribution < 1.29 is 8.78 Å². The fourth-order valence-electron chi connectivity index (χ4n) is 3.09. The molecule has 1 aromatic heterocycles. The Labute approximate surface area is 128 Å². The van der Waals surface area contributed by atoms with Gasteiger partial charge in [-0.05, 0) is 30.5 Å². The van der Waals surface area contributed by atoms with Crippen molar-refractivity contribution in [3.63, 3.8) is 0 Å². The molecule has 2 aromatic rings. The van der Waals surface area contributed by atoms with E-state index in [1.165, 1.54) is 6.07 Å². The molecule has 1 aliphatic rings. The van der Waals surface area contributed by atoms with Crippen LogP contribution in [-0.2, 0) is 5.41 Å². The molecule has 1 aromatic carbocycles. The minimum atomic E-state index is -0.820. The first-order valence-corrected chi connectivity index (χ1v) is 7.33. The maximum atomic E-state index is 14.2. The SMILES string of the molecule is NCC1(c2cccc(F)c2F)CCN(c2ncccn2)CC1. The lowest BCUT2D eigenvalue weighted by Gasteiger charge is -2.41. The van der Waals surface area contributed by atoms with Crippen LogP contribution in [-0.4, -0.2) is 29.6 Å². The Morgan fingerprint density at radius 3 is 2.41 bits per heavy atom. The number of nitrogens with zero attached hydrogens (tertiary/aromatic N) is 3. The van der Waals surface area contributed by atoms with Crippen LogP contribution in [0.15, 0.2) is 36.7 Å². The predicted octanol–water partition coefficient (Wildman–Crippen LogP) is 2.25. The van der Waals surface area contributed by atoms with Gasteiger partial charge in [0.1, 0.15) is 0 Å². The second-order valence-corrected chi connectivity index (χ2v) is 5.62. The van der Waals surface area contributed by atoms with E-state index in [0.29, 0.717) is 37.4 Å². The van der Waals surface area contributed by atoms with Crippen LogP contribution >= 0.6 is 0 Å². The van der Waals surface area contributed by atoms with Gasteiger partial charge in [0, 0.05) is 37.4 Å². The van der Waals surface area contributed by atoms with E-state index in [4.69, 9.17) is 5.73 Å². The van der Waals surface area contributed by atoms with Gasteiger partial charge in [-0.25, -0.2) is 18.7 Å². The number of hydrogen-bond acceptors (Lipinski definition) is 4. The summed E-state index contributed by atoms with van der Waals surface area (Å²) >= 11 is 0. The molecule has 2 N–H and O–H groups in total. The van der Waals surface area contributed by atoms with E-state index in [9.17, 15) is 8.78 Å². The molecule has 1 aliphatic heterocycles. The number of piperidine rings is 1. The first-order chi connectivity index (χ1) is 10.7. The first-order valence-electron chi connectivity index (χ1n) is 7.33. The van der Waals surface area contributed by atoms with Crippen molar-refractivity contribution >= 4 is 5.95 Å². The first kappa shape index (κ1) is 14.8. The highest BCUT2D eigenvalue weighted by atomic mass is 19.2. The summed E-state index contributed by atoms with van der Waals surface area (Å²) in [5, 5.41) is 0. The topological polar surface area (TPSA) is 55.0 Å². The third kappa shape index (κ3) is 2.54. The molecule has 0 atom stereocenters. The highest BCUT2D eigenvalue weighted by Gasteiger charge is 2.38. The zero-order chi connectivity index (χ0) is 15.6. The zero-order valence-corrected chi connectivity index (χ0v) is 12.2. The van der Waals surface area contributed by atoms with Gasteiger partial charge in [-0.1, -0.05) is 12.1 Å². The van der Waals surface area contributed by atoms with Crippen molar-refractivity contribution in [2.24, 2.45) is 5.73 Å². The Kier molecular flexibility index (Phi) is 4.02. The van der Waals surface area contributed by atoms with Gasteiger partial charge in [0.25, 0.3) is 0 Å². The largest absolute Gasteiger partial charge is 0.341 e. The standard InChI is InChI=1S/C16H18F2N4/c17-13-4-1-3-12(14(13)18)16(11-19)5-9-22(10-6-16)15-20-7-2-8-21-15/h1-4,7-8H,5-6,9-11,19H2. The number of nitrogens with two attached hydrogens (primary N) is 1. The molecule has 1 saturated heterocycles. The van der Waals surface area contributed by atoms with Crippen molar-refractivity contribution in [2.45, 2.75) is 18.3 Å². The molecule has 1 fully saturated rings. The fraction of sp³-hybridized carbons (Fsp3) is 0.375. The minimum Gasteiger partial charge on any atom is -0.341 e. The second-order valence-electron chi connectivity index (χ2n) is 5.62. The molecule has 0 amide bonds. The molecule has 0 radical (unpaired) electrons. The molecule has 4 nitrogen and oxygen atoms in total. The van der Waals surface area contributed by atoms with Gasteiger partial charge in [-0.15, -0.1) is 0 Å². The van der Waals surface area contributed by atoms with Crippen LogP contribution in [0.3, 0.4) is 0 Å². The number of hydrogen-bond donors (Lipinski definition) is 1. The molecule has 0 spiro atoms. The highest BCUT2D eigenvalue weighted by Crippen LogP contribution is 2.37. The molecule has 6 heteroatoms. The Morgan fingerprint density at radius 1 is 1.09 bits per heavy atom. The summed E-state index contributed by atoms with van der Waals surface area (Å²) in [7, 11) is 0. The molecule has 3 rings (SSSR count).